The fraction of sp³-hybridized carbons (Fsp3) is 0.182. The first-order valence-corrected chi connectivity index (χ1v) is 5.20. The first-order chi connectivity index (χ1) is 7.59. The maximum Gasteiger partial charge on any atom is 0.320 e. The van der Waals surface area contributed by atoms with Gasteiger partial charge in [-0.2, -0.15) is 0 Å². The summed E-state index contributed by atoms with van der Waals surface area (Å²) in [5.74, 6) is -1.01. The Morgan fingerprint density at radius 3 is 3.00 bits per heavy atom. The summed E-state index contributed by atoms with van der Waals surface area (Å²) in [4.78, 5) is 13.7. The molecule has 1 atom stereocenters. The molecule has 16 heavy (non-hydrogen) atoms. The zero-order chi connectivity index (χ0) is 11.7. The minimum absolute atomic E-state index is 0.263. The van der Waals surface area contributed by atoms with Crippen molar-refractivity contribution in [1.29, 1.82) is 0 Å². The number of halogens is 1. The Morgan fingerprint density at radius 1 is 1.56 bits per heavy atom. The Kier molecular flexibility index (Phi) is 2.85. The molecule has 0 saturated heterocycles. The van der Waals surface area contributed by atoms with Crippen LogP contribution in [0.2, 0.25) is 5.02 Å². The van der Waals surface area contributed by atoms with E-state index >= 15 is 0 Å². The molecule has 0 amide bonds. The molecule has 0 aliphatic heterocycles. The van der Waals surface area contributed by atoms with E-state index in [-0.39, 0.29) is 6.42 Å². The van der Waals surface area contributed by atoms with Gasteiger partial charge in [-0.25, -0.2) is 0 Å². The molecule has 0 spiro atoms. The minimum atomic E-state index is -1.01. The monoisotopic (exact) mass is 238 g/mol. The molecule has 0 unspecified atom stereocenters. The zero-order valence-electron chi connectivity index (χ0n) is 8.40. The quantitative estimate of drug-likeness (QED) is 0.763. The third-order valence-corrected chi connectivity index (χ3v) is 2.81. The van der Waals surface area contributed by atoms with Crippen LogP contribution in [0.5, 0.6) is 0 Å². The number of carboxylic acids is 1. The molecule has 0 fully saturated rings. The van der Waals surface area contributed by atoms with Gasteiger partial charge in [0.25, 0.3) is 0 Å². The second-order valence-corrected chi connectivity index (χ2v) is 4.03. The first kappa shape index (κ1) is 11.0. The summed E-state index contributed by atoms with van der Waals surface area (Å²) in [6.45, 7) is 0. The molecule has 0 saturated carbocycles. The minimum Gasteiger partial charge on any atom is -0.480 e. The highest BCUT2D eigenvalue weighted by atomic mass is 35.5. The molecule has 2 rings (SSSR count). The fourth-order valence-electron chi connectivity index (χ4n) is 1.69. The summed E-state index contributed by atoms with van der Waals surface area (Å²) in [6.07, 6.45) is 2.01. The van der Waals surface area contributed by atoms with Crippen molar-refractivity contribution < 1.29 is 9.90 Å². The molecule has 0 bridgehead atoms. The lowest BCUT2D eigenvalue weighted by Crippen LogP contribution is -2.32. The normalized spacial score (nSPS) is 12.9. The summed E-state index contributed by atoms with van der Waals surface area (Å²) < 4.78 is 0. The Morgan fingerprint density at radius 2 is 2.31 bits per heavy atom. The van der Waals surface area contributed by atoms with Crippen LogP contribution in [0.15, 0.2) is 24.4 Å². The summed E-state index contributed by atoms with van der Waals surface area (Å²) in [7, 11) is 0. The fourth-order valence-corrected chi connectivity index (χ4v) is 1.99. The van der Waals surface area contributed by atoms with Gasteiger partial charge in [0, 0.05) is 23.5 Å². The Hall–Kier alpha value is -1.52. The number of carboxylic acid groups (broad SMARTS) is 1. The summed E-state index contributed by atoms with van der Waals surface area (Å²) in [5, 5.41) is 10.2. The molecule has 2 aromatic rings. The number of H-pyrrole nitrogens is 1. The van der Waals surface area contributed by atoms with Crippen LogP contribution in [0.4, 0.5) is 0 Å². The average molecular weight is 239 g/mol. The number of fused-ring (bicyclic) bond motifs is 1. The third kappa shape index (κ3) is 1.89. The van der Waals surface area contributed by atoms with Gasteiger partial charge in [-0.3, -0.25) is 4.79 Å². The smallest absolute Gasteiger partial charge is 0.320 e. The van der Waals surface area contributed by atoms with Crippen LogP contribution in [-0.2, 0) is 11.2 Å². The Balaban J connectivity index is 2.42. The second kappa shape index (κ2) is 4.15. The van der Waals surface area contributed by atoms with E-state index in [1.807, 2.05) is 12.1 Å². The first-order valence-electron chi connectivity index (χ1n) is 4.82. The molecule has 4 nitrogen and oxygen atoms in total. The highest BCUT2D eigenvalue weighted by Gasteiger charge is 2.15. The van der Waals surface area contributed by atoms with Gasteiger partial charge in [0.05, 0.1) is 5.02 Å². The molecule has 0 aliphatic rings. The summed E-state index contributed by atoms with van der Waals surface area (Å²) >= 11 is 6.06. The number of aromatic amines is 1. The van der Waals surface area contributed by atoms with Crippen molar-refractivity contribution in [3.05, 3.63) is 35.0 Å². The highest BCUT2D eigenvalue weighted by Crippen LogP contribution is 2.27. The van der Waals surface area contributed by atoms with Crippen LogP contribution >= 0.6 is 11.6 Å². The van der Waals surface area contributed by atoms with E-state index < -0.39 is 12.0 Å². The number of hydrogen-bond donors (Lipinski definition) is 3. The number of benzene rings is 1. The van der Waals surface area contributed by atoms with E-state index in [9.17, 15) is 4.79 Å². The molecule has 4 N–H and O–H groups in total. The van der Waals surface area contributed by atoms with Crippen LogP contribution in [0, 0.1) is 0 Å². The van der Waals surface area contributed by atoms with Crippen molar-refractivity contribution in [3.8, 4) is 0 Å². The SMILES string of the molecule is N[C@H](Cc1c[nH]c2cccc(Cl)c12)C(=O)O. The van der Waals surface area contributed by atoms with Crippen molar-refractivity contribution in [3.63, 3.8) is 0 Å². The largest absolute Gasteiger partial charge is 0.480 e. The van der Waals surface area contributed by atoms with Crippen LogP contribution in [-0.4, -0.2) is 22.1 Å². The number of rotatable bonds is 3. The lowest BCUT2D eigenvalue weighted by atomic mass is 10.1. The van der Waals surface area contributed by atoms with Gasteiger partial charge in [0.1, 0.15) is 6.04 Å². The van der Waals surface area contributed by atoms with E-state index in [0.29, 0.717) is 5.02 Å². The van der Waals surface area contributed by atoms with Gasteiger partial charge in [-0.1, -0.05) is 17.7 Å². The van der Waals surface area contributed by atoms with E-state index in [1.165, 1.54) is 0 Å². The molecule has 1 aromatic carbocycles. The predicted octanol–water partition coefficient (Wildman–Crippen LogP) is 1.78. The number of carbonyl (C=O) groups is 1. The van der Waals surface area contributed by atoms with Crippen LogP contribution in [0.25, 0.3) is 10.9 Å². The molecule has 0 radical (unpaired) electrons. The van der Waals surface area contributed by atoms with Gasteiger partial charge in [-0.15, -0.1) is 0 Å². The van der Waals surface area contributed by atoms with Crippen molar-refractivity contribution in [1.82, 2.24) is 4.98 Å². The van der Waals surface area contributed by atoms with E-state index in [2.05, 4.69) is 4.98 Å². The number of aliphatic carboxylic acids is 1. The molecule has 1 aromatic heterocycles. The van der Waals surface area contributed by atoms with E-state index in [1.54, 1.807) is 12.3 Å². The van der Waals surface area contributed by atoms with Crippen LogP contribution in [0.1, 0.15) is 5.56 Å². The van der Waals surface area contributed by atoms with Gasteiger partial charge < -0.3 is 15.8 Å². The van der Waals surface area contributed by atoms with Crippen LogP contribution in [0.3, 0.4) is 0 Å². The van der Waals surface area contributed by atoms with Crippen molar-refractivity contribution >= 4 is 28.5 Å². The molecule has 84 valence electrons. The average Bonchev–Trinajstić information content (AvgIpc) is 2.63. The number of nitrogens with two attached hydrogens (primary N) is 1. The maximum atomic E-state index is 10.7. The standard InChI is InChI=1S/C11H11ClN2O2/c12-7-2-1-3-9-10(7)6(5-14-9)4-8(13)11(15)16/h1-3,5,8,14H,4,13H2,(H,15,16)/t8-/m1/s1. The number of aromatic nitrogens is 1. The Labute approximate surface area is 97.0 Å². The topological polar surface area (TPSA) is 79.1 Å². The molecular weight excluding hydrogens is 228 g/mol. The van der Waals surface area contributed by atoms with Crippen molar-refractivity contribution in [2.24, 2.45) is 5.73 Å². The summed E-state index contributed by atoms with van der Waals surface area (Å²) in [6, 6.07) is 4.59. The Bertz CT molecular complexity index is 536. The van der Waals surface area contributed by atoms with Crippen molar-refractivity contribution in [2.45, 2.75) is 12.5 Å². The number of nitrogens with one attached hydrogen (secondary N) is 1. The molecule has 1 heterocycles. The van der Waals surface area contributed by atoms with Gasteiger partial charge in [-0.05, 0) is 17.7 Å². The molecule has 0 aliphatic carbocycles. The molecular formula is C11H11ClN2O2. The maximum absolute atomic E-state index is 10.7. The van der Waals surface area contributed by atoms with E-state index in [0.717, 1.165) is 16.5 Å². The highest BCUT2D eigenvalue weighted by molar-refractivity contribution is 6.35. The third-order valence-electron chi connectivity index (χ3n) is 2.49. The zero-order valence-corrected chi connectivity index (χ0v) is 9.16. The van der Waals surface area contributed by atoms with Crippen LogP contribution < -0.4 is 5.73 Å². The van der Waals surface area contributed by atoms with Crippen molar-refractivity contribution in [2.75, 3.05) is 0 Å². The van der Waals surface area contributed by atoms with Gasteiger partial charge in [0.15, 0.2) is 0 Å². The van der Waals surface area contributed by atoms with E-state index in [4.69, 9.17) is 22.4 Å². The number of hydrogen-bond acceptors (Lipinski definition) is 2. The van der Waals surface area contributed by atoms with Gasteiger partial charge >= 0.3 is 5.97 Å². The lowest BCUT2D eigenvalue weighted by molar-refractivity contribution is -0.138. The second-order valence-electron chi connectivity index (χ2n) is 3.63. The summed E-state index contributed by atoms with van der Waals surface area (Å²) in [5.41, 5.74) is 7.21. The predicted molar refractivity (Wildman–Crippen MR) is 62.6 cm³/mol. The molecule has 5 heteroatoms. The lowest BCUT2D eigenvalue weighted by Gasteiger charge is -2.05. The van der Waals surface area contributed by atoms with Gasteiger partial charge in [0.2, 0.25) is 0 Å².